The number of benzene rings is 3. The SMILES string of the molecule is CC(C)c1cc(C(C)C)c(CNc2ccccc2N=S(C)c2ccccc2)c(C(C)C)c1. The minimum Gasteiger partial charge on any atom is -0.379 e. The summed E-state index contributed by atoms with van der Waals surface area (Å²) in [7, 11) is -0.190. The van der Waals surface area contributed by atoms with Crippen molar-refractivity contribution in [2.24, 2.45) is 4.36 Å². The van der Waals surface area contributed by atoms with Gasteiger partial charge in [-0.25, -0.2) is 4.36 Å². The maximum atomic E-state index is 5.06. The Morgan fingerprint density at radius 2 is 1.31 bits per heavy atom. The van der Waals surface area contributed by atoms with Crippen molar-refractivity contribution in [3.05, 3.63) is 89.0 Å². The first-order chi connectivity index (χ1) is 15.3. The van der Waals surface area contributed by atoms with Crippen molar-refractivity contribution in [2.75, 3.05) is 11.6 Å². The lowest BCUT2D eigenvalue weighted by molar-refractivity contribution is 0.780. The summed E-state index contributed by atoms with van der Waals surface area (Å²) < 4.78 is 5.06. The van der Waals surface area contributed by atoms with E-state index in [1.165, 1.54) is 27.1 Å². The van der Waals surface area contributed by atoms with Gasteiger partial charge < -0.3 is 5.32 Å². The highest BCUT2D eigenvalue weighted by Crippen LogP contribution is 2.34. The van der Waals surface area contributed by atoms with E-state index in [-0.39, 0.29) is 10.7 Å². The average Bonchev–Trinajstić information content (AvgIpc) is 2.78. The van der Waals surface area contributed by atoms with Gasteiger partial charge in [0.1, 0.15) is 0 Å². The molecule has 0 aliphatic carbocycles. The largest absolute Gasteiger partial charge is 0.379 e. The van der Waals surface area contributed by atoms with Gasteiger partial charge >= 0.3 is 0 Å². The first-order valence-corrected chi connectivity index (χ1v) is 13.3. The quantitative estimate of drug-likeness (QED) is 0.367. The van der Waals surface area contributed by atoms with Crippen LogP contribution in [0.3, 0.4) is 0 Å². The van der Waals surface area contributed by atoms with E-state index in [1.54, 1.807) is 0 Å². The molecule has 0 aromatic heterocycles. The molecule has 0 radical (unpaired) electrons. The number of nitrogens with one attached hydrogen (secondary N) is 1. The lowest BCUT2D eigenvalue weighted by Crippen LogP contribution is -2.11. The predicted molar refractivity (Wildman–Crippen MR) is 143 cm³/mol. The molecule has 0 spiro atoms. The normalized spacial score (nSPS) is 12.7. The summed E-state index contributed by atoms with van der Waals surface area (Å²) in [6.45, 7) is 14.6. The van der Waals surface area contributed by atoms with Crippen LogP contribution in [0.4, 0.5) is 11.4 Å². The second-order valence-electron chi connectivity index (χ2n) is 9.40. The molecule has 2 nitrogen and oxygen atoms in total. The van der Waals surface area contributed by atoms with Gasteiger partial charge in [0.05, 0.1) is 11.4 Å². The van der Waals surface area contributed by atoms with Crippen LogP contribution in [-0.2, 0) is 17.2 Å². The van der Waals surface area contributed by atoms with Crippen LogP contribution in [0.5, 0.6) is 0 Å². The summed E-state index contributed by atoms with van der Waals surface area (Å²) in [5.41, 5.74) is 7.92. The zero-order valence-corrected chi connectivity index (χ0v) is 21.5. The smallest absolute Gasteiger partial charge is 0.0938 e. The topological polar surface area (TPSA) is 24.4 Å². The Morgan fingerprint density at radius 1 is 0.750 bits per heavy atom. The maximum Gasteiger partial charge on any atom is 0.0938 e. The maximum absolute atomic E-state index is 5.06. The second-order valence-corrected chi connectivity index (χ2v) is 11.0. The molecule has 0 amide bonds. The third-order valence-corrected chi connectivity index (χ3v) is 7.36. The zero-order chi connectivity index (χ0) is 23.3. The summed E-state index contributed by atoms with van der Waals surface area (Å²) in [6, 6.07) is 23.8. The molecular formula is C29H38N2S. The monoisotopic (exact) mass is 446 g/mol. The van der Waals surface area contributed by atoms with Crippen molar-refractivity contribution in [1.82, 2.24) is 0 Å². The van der Waals surface area contributed by atoms with E-state index >= 15 is 0 Å². The molecule has 0 heterocycles. The summed E-state index contributed by atoms with van der Waals surface area (Å²) in [5, 5.41) is 3.74. The lowest BCUT2D eigenvalue weighted by Gasteiger charge is -2.23. The van der Waals surface area contributed by atoms with Crippen LogP contribution < -0.4 is 5.32 Å². The summed E-state index contributed by atoms with van der Waals surface area (Å²) in [6.07, 6.45) is 2.19. The van der Waals surface area contributed by atoms with Gasteiger partial charge in [-0.1, -0.05) is 94.7 Å². The van der Waals surface area contributed by atoms with E-state index in [1.807, 2.05) is 0 Å². The highest BCUT2D eigenvalue weighted by atomic mass is 32.2. The molecule has 170 valence electrons. The first-order valence-electron chi connectivity index (χ1n) is 11.7. The second kappa shape index (κ2) is 11.0. The van der Waals surface area contributed by atoms with Gasteiger partial charge in [0.25, 0.3) is 0 Å². The Labute approximate surface area is 197 Å². The summed E-state index contributed by atoms with van der Waals surface area (Å²) in [5.74, 6) is 1.51. The van der Waals surface area contributed by atoms with Crippen LogP contribution in [0.25, 0.3) is 0 Å². The Morgan fingerprint density at radius 3 is 1.88 bits per heavy atom. The minimum absolute atomic E-state index is 0.190. The van der Waals surface area contributed by atoms with Gasteiger partial charge in [0.15, 0.2) is 0 Å². The number of hydrogen-bond acceptors (Lipinski definition) is 2. The molecular weight excluding hydrogens is 408 g/mol. The van der Waals surface area contributed by atoms with Crippen molar-refractivity contribution in [3.63, 3.8) is 0 Å². The average molecular weight is 447 g/mol. The highest BCUT2D eigenvalue weighted by Gasteiger charge is 2.17. The van der Waals surface area contributed by atoms with Crippen LogP contribution in [0, 0.1) is 0 Å². The number of nitrogens with zero attached hydrogens (tertiary/aromatic N) is 1. The Hall–Kier alpha value is -2.39. The van der Waals surface area contributed by atoms with Crippen molar-refractivity contribution >= 4 is 22.1 Å². The third-order valence-electron chi connectivity index (χ3n) is 5.93. The van der Waals surface area contributed by atoms with Crippen molar-refractivity contribution in [2.45, 2.75) is 70.7 Å². The number of rotatable bonds is 8. The molecule has 1 N–H and O–H groups in total. The van der Waals surface area contributed by atoms with Gasteiger partial charge in [0, 0.05) is 11.4 Å². The first kappa shape index (κ1) is 24.3. The molecule has 0 bridgehead atoms. The number of para-hydroxylation sites is 1. The van der Waals surface area contributed by atoms with Crippen LogP contribution in [0.1, 0.15) is 81.5 Å². The fraction of sp³-hybridized carbons (Fsp3) is 0.379. The summed E-state index contributed by atoms with van der Waals surface area (Å²) >= 11 is 0. The van der Waals surface area contributed by atoms with Gasteiger partial charge in [-0.2, -0.15) is 0 Å². The van der Waals surface area contributed by atoms with Crippen LogP contribution >= 0.6 is 0 Å². The van der Waals surface area contributed by atoms with E-state index in [2.05, 4.69) is 120 Å². The van der Waals surface area contributed by atoms with Crippen molar-refractivity contribution in [1.29, 1.82) is 0 Å². The molecule has 3 aromatic carbocycles. The molecule has 0 saturated carbocycles. The summed E-state index contributed by atoms with van der Waals surface area (Å²) in [4.78, 5) is 1.26. The van der Waals surface area contributed by atoms with Crippen LogP contribution in [0.2, 0.25) is 0 Å². The molecule has 3 heteroatoms. The van der Waals surface area contributed by atoms with Gasteiger partial charge in [0.2, 0.25) is 0 Å². The van der Waals surface area contributed by atoms with Crippen LogP contribution in [-0.4, -0.2) is 6.26 Å². The van der Waals surface area contributed by atoms with Crippen LogP contribution in [0.15, 0.2) is 76.0 Å². The Balaban J connectivity index is 1.96. The highest BCUT2D eigenvalue weighted by molar-refractivity contribution is 7.86. The standard InChI is InChI=1S/C29H38N2S/c1-20(2)23-17-25(21(3)4)27(26(18-23)22(5)6)19-30-28-15-11-12-16-29(28)31-32(7)24-13-9-8-10-14-24/h8-18,20-22,30H,19H2,1-7H3. The Bertz CT molecular complexity index is 1040. The van der Waals surface area contributed by atoms with E-state index in [0.29, 0.717) is 17.8 Å². The molecule has 3 aromatic rings. The molecule has 1 atom stereocenters. The number of anilines is 1. The fourth-order valence-electron chi connectivity index (χ4n) is 4.01. The van der Waals surface area contributed by atoms with Gasteiger partial charge in [-0.05, 0) is 70.5 Å². The molecule has 0 saturated heterocycles. The van der Waals surface area contributed by atoms with Gasteiger partial charge in [-0.3, -0.25) is 0 Å². The molecule has 3 rings (SSSR count). The predicted octanol–water partition coefficient (Wildman–Crippen LogP) is 8.79. The zero-order valence-electron chi connectivity index (χ0n) is 20.6. The Kier molecular flexibility index (Phi) is 8.31. The van der Waals surface area contributed by atoms with E-state index in [0.717, 1.165) is 17.9 Å². The van der Waals surface area contributed by atoms with Crippen molar-refractivity contribution < 1.29 is 0 Å². The number of hydrogen-bond donors (Lipinski definition) is 1. The third kappa shape index (κ3) is 5.89. The minimum atomic E-state index is -0.190. The van der Waals surface area contributed by atoms with E-state index in [9.17, 15) is 0 Å². The van der Waals surface area contributed by atoms with Crippen molar-refractivity contribution in [3.8, 4) is 0 Å². The molecule has 0 aliphatic heterocycles. The molecule has 0 aliphatic rings. The fourth-order valence-corrected chi connectivity index (χ4v) is 5.12. The lowest BCUT2D eigenvalue weighted by atomic mass is 9.84. The van der Waals surface area contributed by atoms with Gasteiger partial charge in [-0.15, -0.1) is 0 Å². The molecule has 32 heavy (non-hydrogen) atoms. The van der Waals surface area contributed by atoms with E-state index in [4.69, 9.17) is 4.36 Å². The molecule has 1 unspecified atom stereocenters. The molecule has 0 fully saturated rings. The van der Waals surface area contributed by atoms with E-state index < -0.39 is 0 Å².